The van der Waals surface area contributed by atoms with E-state index in [0.29, 0.717) is 19.5 Å². The molecule has 5 rings (SSSR count). The third-order valence-electron chi connectivity index (χ3n) is 6.66. The summed E-state index contributed by atoms with van der Waals surface area (Å²) in [5, 5.41) is 2.83. The SMILES string of the molecule is O=S1(=O)N=C(Nc2ccc(OC(F)(F)F)cc2)C(N2CCCC(C(c3ccc(F)cc3)c3ccc(F)cc3)C2)=N1. The normalized spacial score (nSPS) is 18.9. The predicted octanol–water partition coefficient (Wildman–Crippen LogP) is 5.87. The van der Waals surface area contributed by atoms with E-state index in [-0.39, 0.29) is 40.8 Å². The number of piperidine rings is 1. The van der Waals surface area contributed by atoms with Crippen molar-refractivity contribution in [1.29, 1.82) is 0 Å². The summed E-state index contributed by atoms with van der Waals surface area (Å²) >= 11 is 0. The molecule has 0 spiro atoms. The highest BCUT2D eigenvalue weighted by Crippen LogP contribution is 2.38. The first kappa shape index (κ1) is 27.6. The van der Waals surface area contributed by atoms with Crippen molar-refractivity contribution in [3.05, 3.63) is 95.6 Å². The van der Waals surface area contributed by atoms with Crippen LogP contribution < -0.4 is 10.1 Å². The Morgan fingerprint density at radius 2 is 1.45 bits per heavy atom. The fraction of sp³-hybridized carbons (Fsp3) is 0.259. The Balaban J connectivity index is 1.39. The van der Waals surface area contributed by atoms with Crippen molar-refractivity contribution in [3.8, 4) is 5.75 Å². The zero-order chi connectivity index (χ0) is 28.5. The second kappa shape index (κ2) is 10.9. The Bertz CT molecular complexity index is 1480. The number of amidine groups is 2. The molecular formula is C27H23F5N4O3S. The van der Waals surface area contributed by atoms with Crippen molar-refractivity contribution in [1.82, 2.24) is 4.90 Å². The van der Waals surface area contributed by atoms with Gasteiger partial charge in [0, 0.05) is 24.7 Å². The Morgan fingerprint density at radius 3 is 2.00 bits per heavy atom. The average molecular weight is 579 g/mol. The number of hydrogen-bond acceptors (Lipinski definition) is 5. The van der Waals surface area contributed by atoms with Crippen LogP contribution in [-0.4, -0.2) is 44.4 Å². The van der Waals surface area contributed by atoms with E-state index in [2.05, 4.69) is 18.8 Å². The van der Waals surface area contributed by atoms with Crippen LogP contribution in [0.25, 0.3) is 0 Å². The third-order valence-corrected chi connectivity index (χ3v) is 7.47. The van der Waals surface area contributed by atoms with Gasteiger partial charge in [0.05, 0.1) is 0 Å². The lowest BCUT2D eigenvalue weighted by molar-refractivity contribution is -0.274. The van der Waals surface area contributed by atoms with Crippen LogP contribution in [0.3, 0.4) is 0 Å². The molecule has 3 aromatic carbocycles. The largest absolute Gasteiger partial charge is 0.573 e. The van der Waals surface area contributed by atoms with Crippen LogP contribution in [0.1, 0.15) is 29.9 Å². The highest BCUT2D eigenvalue weighted by atomic mass is 32.2. The van der Waals surface area contributed by atoms with E-state index in [1.807, 2.05) is 0 Å². The third kappa shape index (κ3) is 6.58. The van der Waals surface area contributed by atoms with Crippen molar-refractivity contribution < 1.29 is 35.1 Å². The van der Waals surface area contributed by atoms with E-state index >= 15 is 0 Å². The summed E-state index contributed by atoms with van der Waals surface area (Å²) in [6, 6.07) is 16.9. The predicted molar refractivity (Wildman–Crippen MR) is 139 cm³/mol. The van der Waals surface area contributed by atoms with E-state index in [9.17, 15) is 30.4 Å². The van der Waals surface area contributed by atoms with Gasteiger partial charge in [0.15, 0.2) is 11.7 Å². The zero-order valence-corrected chi connectivity index (χ0v) is 21.6. The molecule has 2 heterocycles. The molecule has 3 aromatic rings. The van der Waals surface area contributed by atoms with Crippen molar-refractivity contribution >= 4 is 27.6 Å². The molecule has 0 saturated carbocycles. The maximum Gasteiger partial charge on any atom is 0.573 e. The first-order valence-corrected chi connectivity index (χ1v) is 13.7. The lowest BCUT2D eigenvalue weighted by Crippen LogP contribution is -2.45. The van der Waals surface area contributed by atoms with Gasteiger partial charge in [-0.15, -0.1) is 22.0 Å². The minimum absolute atomic E-state index is 0.0646. The van der Waals surface area contributed by atoms with Crippen molar-refractivity contribution in [2.24, 2.45) is 14.7 Å². The molecule has 2 aliphatic heterocycles. The van der Waals surface area contributed by atoms with E-state index in [0.717, 1.165) is 29.7 Å². The standard InChI is InChI=1S/C27H23F5N4O3S/c28-20-7-3-17(4-8-20)24(18-5-9-21(29)10-6-18)19-2-1-15-36(16-19)26-25(34-40(37,38)35-26)33-22-11-13-23(14-12-22)39-27(30,31)32/h3-14,19,24H,1-2,15-16H2,(H,33,34). The molecule has 7 nitrogen and oxygen atoms in total. The molecule has 0 radical (unpaired) electrons. The number of anilines is 1. The lowest BCUT2D eigenvalue weighted by atomic mass is 9.77. The molecule has 1 atom stereocenters. The number of nitrogens with zero attached hydrogens (tertiary/aromatic N) is 3. The summed E-state index contributed by atoms with van der Waals surface area (Å²) in [5.41, 5.74) is 1.94. The average Bonchev–Trinajstić information content (AvgIpc) is 3.21. The quantitative estimate of drug-likeness (QED) is 0.383. The van der Waals surface area contributed by atoms with Gasteiger partial charge in [-0.3, -0.25) is 0 Å². The van der Waals surface area contributed by atoms with Crippen LogP contribution in [0.15, 0.2) is 81.6 Å². The Hall–Kier alpha value is -4.00. The number of halogens is 5. The molecule has 0 aromatic heterocycles. The van der Waals surface area contributed by atoms with Gasteiger partial charge in [-0.1, -0.05) is 24.3 Å². The molecule has 0 bridgehead atoms. The molecule has 1 unspecified atom stereocenters. The summed E-state index contributed by atoms with van der Waals surface area (Å²) in [6.07, 6.45) is -3.40. The first-order chi connectivity index (χ1) is 19.0. The van der Waals surface area contributed by atoms with Gasteiger partial charge in [-0.05, 0) is 78.4 Å². The number of benzene rings is 3. The van der Waals surface area contributed by atoms with Gasteiger partial charge in [0.25, 0.3) is 0 Å². The van der Waals surface area contributed by atoms with Gasteiger partial charge >= 0.3 is 16.6 Å². The molecule has 210 valence electrons. The first-order valence-electron chi connectivity index (χ1n) is 12.3. The van der Waals surface area contributed by atoms with Crippen molar-refractivity contribution in [2.45, 2.75) is 25.1 Å². The molecular weight excluding hydrogens is 555 g/mol. The summed E-state index contributed by atoms with van der Waals surface area (Å²) < 4.78 is 101. The molecule has 1 N–H and O–H groups in total. The topological polar surface area (TPSA) is 83.4 Å². The maximum absolute atomic E-state index is 13.7. The zero-order valence-electron chi connectivity index (χ0n) is 20.8. The van der Waals surface area contributed by atoms with Gasteiger partial charge in [0.1, 0.15) is 17.4 Å². The van der Waals surface area contributed by atoms with E-state index in [4.69, 9.17) is 0 Å². The molecule has 13 heteroatoms. The van der Waals surface area contributed by atoms with E-state index < -0.39 is 22.3 Å². The Labute approximate surface area is 227 Å². The van der Waals surface area contributed by atoms with Crippen LogP contribution >= 0.6 is 0 Å². The van der Waals surface area contributed by atoms with Crippen LogP contribution in [0, 0.1) is 17.6 Å². The van der Waals surface area contributed by atoms with Crippen LogP contribution in [0.4, 0.5) is 27.6 Å². The molecule has 2 aliphatic rings. The number of likely N-dealkylation sites (tertiary alicyclic amines) is 1. The minimum Gasteiger partial charge on any atom is -0.406 e. The van der Waals surface area contributed by atoms with E-state index in [1.54, 1.807) is 29.2 Å². The van der Waals surface area contributed by atoms with Crippen LogP contribution in [0.2, 0.25) is 0 Å². The molecule has 0 amide bonds. The highest BCUT2D eigenvalue weighted by Gasteiger charge is 2.36. The summed E-state index contributed by atoms with van der Waals surface area (Å²) in [6.45, 7) is 0.844. The van der Waals surface area contributed by atoms with Gasteiger partial charge < -0.3 is 15.0 Å². The number of ether oxygens (including phenoxy) is 1. The fourth-order valence-corrected chi connectivity index (χ4v) is 5.86. The summed E-state index contributed by atoms with van der Waals surface area (Å²) in [7, 11) is -4.18. The summed E-state index contributed by atoms with van der Waals surface area (Å²) in [4.78, 5) is 1.78. The second-order valence-electron chi connectivity index (χ2n) is 9.43. The minimum atomic E-state index is -4.84. The van der Waals surface area contributed by atoms with Crippen LogP contribution in [-0.2, 0) is 10.2 Å². The van der Waals surface area contributed by atoms with Gasteiger partial charge in [-0.2, -0.15) is 8.42 Å². The molecule has 0 aliphatic carbocycles. The smallest absolute Gasteiger partial charge is 0.406 e. The summed E-state index contributed by atoms with van der Waals surface area (Å²) in [5.74, 6) is -1.50. The number of alkyl halides is 3. The number of hydrogen-bond donors (Lipinski definition) is 1. The highest BCUT2D eigenvalue weighted by molar-refractivity contribution is 7.89. The maximum atomic E-state index is 13.7. The Kier molecular flexibility index (Phi) is 7.49. The molecule has 1 fully saturated rings. The molecule has 1 saturated heterocycles. The number of nitrogens with one attached hydrogen (secondary N) is 1. The van der Waals surface area contributed by atoms with E-state index in [1.165, 1.54) is 36.4 Å². The monoisotopic (exact) mass is 578 g/mol. The Morgan fingerprint density at radius 1 is 0.875 bits per heavy atom. The number of rotatable bonds is 5. The lowest BCUT2D eigenvalue weighted by Gasteiger charge is -2.38. The van der Waals surface area contributed by atoms with Crippen LogP contribution in [0.5, 0.6) is 5.75 Å². The second-order valence-corrected chi connectivity index (χ2v) is 10.7. The van der Waals surface area contributed by atoms with Crippen molar-refractivity contribution in [2.75, 3.05) is 18.4 Å². The van der Waals surface area contributed by atoms with Gasteiger partial charge in [0.2, 0.25) is 0 Å². The fourth-order valence-electron chi connectivity index (χ4n) is 5.04. The molecule has 40 heavy (non-hydrogen) atoms. The van der Waals surface area contributed by atoms with Crippen molar-refractivity contribution in [3.63, 3.8) is 0 Å². The van der Waals surface area contributed by atoms with Gasteiger partial charge in [-0.25, -0.2) is 8.78 Å².